The third-order valence-corrected chi connectivity index (χ3v) is 3.59. The summed E-state index contributed by atoms with van der Waals surface area (Å²) in [6, 6.07) is 0. The minimum absolute atomic E-state index is 0.262. The smallest absolute Gasteiger partial charge is 0.251 e. The van der Waals surface area contributed by atoms with Crippen molar-refractivity contribution < 1.29 is 9.90 Å². The maximum absolute atomic E-state index is 11.5. The van der Waals surface area contributed by atoms with E-state index in [1.54, 1.807) is 0 Å². The van der Waals surface area contributed by atoms with Crippen molar-refractivity contribution in [3.8, 4) is 0 Å². The average molecular weight is 213 g/mol. The standard InChI is InChI=1S/C12H23NO2/c1-4-12(7-5-6-8-12)9-13-10(14)11(2,3)15/h15H,4-9H2,1-3H3,(H,13,14). The van der Waals surface area contributed by atoms with E-state index in [0.717, 1.165) is 6.42 Å². The molecule has 0 unspecified atom stereocenters. The molecule has 1 fully saturated rings. The molecule has 1 aliphatic carbocycles. The first-order chi connectivity index (χ1) is 6.90. The molecule has 15 heavy (non-hydrogen) atoms. The van der Waals surface area contributed by atoms with Gasteiger partial charge in [-0.3, -0.25) is 4.79 Å². The number of nitrogens with one attached hydrogen (secondary N) is 1. The van der Waals surface area contributed by atoms with Gasteiger partial charge in [-0.2, -0.15) is 0 Å². The van der Waals surface area contributed by atoms with Gasteiger partial charge in [-0.15, -0.1) is 0 Å². The van der Waals surface area contributed by atoms with Crippen LogP contribution in [0.25, 0.3) is 0 Å². The number of rotatable bonds is 4. The second-order valence-electron chi connectivity index (χ2n) is 5.30. The van der Waals surface area contributed by atoms with E-state index in [1.165, 1.54) is 39.5 Å². The minimum Gasteiger partial charge on any atom is -0.381 e. The molecular weight excluding hydrogens is 190 g/mol. The van der Waals surface area contributed by atoms with Crippen LogP contribution in [0.1, 0.15) is 52.9 Å². The molecule has 88 valence electrons. The molecule has 0 atom stereocenters. The molecular formula is C12H23NO2. The predicted molar refractivity (Wildman–Crippen MR) is 60.5 cm³/mol. The van der Waals surface area contributed by atoms with Crippen molar-refractivity contribution in [3.05, 3.63) is 0 Å². The summed E-state index contributed by atoms with van der Waals surface area (Å²) in [6.07, 6.45) is 6.06. The van der Waals surface area contributed by atoms with Crippen LogP contribution in [-0.4, -0.2) is 23.2 Å². The van der Waals surface area contributed by atoms with Crippen LogP contribution >= 0.6 is 0 Å². The summed E-state index contributed by atoms with van der Waals surface area (Å²) in [6.45, 7) is 5.94. The highest BCUT2D eigenvalue weighted by Gasteiger charge is 2.33. The Balaban J connectivity index is 2.45. The Hall–Kier alpha value is -0.570. The van der Waals surface area contributed by atoms with Crippen molar-refractivity contribution in [1.29, 1.82) is 0 Å². The second-order valence-corrected chi connectivity index (χ2v) is 5.30. The topological polar surface area (TPSA) is 49.3 Å². The van der Waals surface area contributed by atoms with Crippen LogP contribution in [0.3, 0.4) is 0 Å². The summed E-state index contributed by atoms with van der Waals surface area (Å²) in [5.41, 5.74) is -0.964. The first kappa shape index (κ1) is 12.5. The van der Waals surface area contributed by atoms with Crippen molar-refractivity contribution >= 4 is 5.91 Å². The first-order valence-corrected chi connectivity index (χ1v) is 5.90. The lowest BCUT2D eigenvalue weighted by Gasteiger charge is -2.29. The third-order valence-electron chi connectivity index (χ3n) is 3.59. The lowest BCUT2D eigenvalue weighted by atomic mass is 9.83. The molecule has 3 nitrogen and oxygen atoms in total. The fourth-order valence-electron chi connectivity index (χ4n) is 2.26. The van der Waals surface area contributed by atoms with Gasteiger partial charge in [0, 0.05) is 6.54 Å². The molecule has 0 aromatic rings. The van der Waals surface area contributed by atoms with Gasteiger partial charge >= 0.3 is 0 Å². The Kier molecular flexibility index (Phi) is 3.77. The van der Waals surface area contributed by atoms with Gasteiger partial charge in [0.05, 0.1) is 0 Å². The highest BCUT2D eigenvalue weighted by Crippen LogP contribution is 2.40. The lowest BCUT2D eigenvalue weighted by Crippen LogP contribution is -2.45. The van der Waals surface area contributed by atoms with Gasteiger partial charge in [-0.05, 0) is 38.5 Å². The predicted octanol–water partition coefficient (Wildman–Crippen LogP) is 1.84. The van der Waals surface area contributed by atoms with Crippen LogP contribution < -0.4 is 5.32 Å². The average Bonchev–Trinajstić information content (AvgIpc) is 2.62. The number of carbonyl (C=O) groups is 1. The lowest BCUT2D eigenvalue weighted by molar-refractivity contribution is -0.136. The second kappa shape index (κ2) is 4.52. The van der Waals surface area contributed by atoms with Crippen molar-refractivity contribution in [2.75, 3.05) is 6.54 Å². The van der Waals surface area contributed by atoms with Gasteiger partial charge in [0.1, 0.15) is 5.60 Å². The zero-order valence-corrected chi connectivity index (χ0v) is 10.1. The maximum atomic E-state index is 11.5. The summed E-state index contributed by atoms with van der Waals surface area (Å²) in [7, 11) is 0. The normalized spacial score (nSPS) is 20.3. The molecule has 0 aromatic heterocycles. The van der Waals surface area contributed by atoms with Crippen molar-refractivity contribution in [1.82, 2.24) is 5.32 Å². The van der Waals surface area contributed by atoms with E-state index in [0.29, 0.717) is 12.0 Å². The molecule has 0 bridgehead atoms. The number of aliphatic hydroxyl groups is 1. The van der Waals surface area contributed by atoms with E-state index < -0.39 is 5.60 Å². The Morgan fingerprint density at radius 2 is 1.93 bits per heavy atom. The van der Waals surface area contributed by atoms with Gasteiger partial charge in [-0.25, -0.2) is 0 Å². The number of hydrogen-bond donors (Lipinski definition) is 2. The molecule has 0 aliphatic heterocycles. The molecule has 0 spiro atoms. The molecule has 0 aromatic carbocycles. The Bertz CT molecular complexity index is 224. The molecule has 1 amide bonds. The highest BCUT2D eigenvalue weighted by atomic mass is 16.3. The Morgan fingerprint density at radius 1 is 1.40 bits per heavy atom. The molecule has 2 N–H and O–H groups in total. The van der Waals surface area contributed by atoms with E-state index in [2.05, 4.69) is 12.2 Å². The zero-order valence-electron chi connectivity index (χ0n) is 10.1. The molecule has 0 saturated heterocycles. The first-order valence-electron chi connectivity index (χ1n) is 5.90. The zero-order chi connectivity index (χ0) is 11.5. The van der Waals surface area contributed by atoms with Crippen molar-refractivity contribution in [2.45, 2.75) is 58.5 Å². The van der Waals surface area contributed by atoms with Crippen LogP contribution in [0.5, 0.6) is 0 Å². The van der Waals surface area contributed by atoms with E-state index in [1.807, 2.05) is 0 Å². The van der Waals surface area contributed by atoms with E-state index >= 15 is 0 Å². The quantitative estimate of drug-likeness (QED) is 0.748. The van der Waals surface area contributed by atoms with Crippen molar-refractivity contribution in [2.24, 2.45) is 5.41 Å². The van der Waals surface area contributed by atoms with Crippen LogP contribution in [0.15, 0.2) is 0 Å². The van der Waals surface area contributed by atoms with Crippen LogP contribution in [-0.2, 0) is 4.79 Å². The Morgan fingerprint density at radius 3 is 2.33 bits per heavy atom. The molecule has 1 aliphatic rings. The Labute approximate surface area is 92.3 Å². The molecule has 1 rings (SSSR count). The van der Waals surface area contributed by atoms with Crippen LogP contribution in [0, 0.1) is 5.41 Å². The molecule has 3 heteroatoms. The van der Waals surface area contributed by atoms with Crippen LogP contribution in [0.4, 0.5) is 0 Å². The largest absolute Gasteiger partial charge is 0.381 e. The van der Waals surface area contributed by atoms with Gasteiger partial charge in [0.2, 0.25) is 0 Å². The summed E-state index contributed by atoms with van der Waals surface area (Å²) in [4.78, 5) is 11.5. The summed E-state index contributed by atoms with van der Waals surface area (Å²) >= 11 is 0. The van der Waals surface area contributed by atoms with E-state index in [4.69, 9.17) is 0 Å². The summed E-state index contributed by atoms with van der Waals surface area (Å²) < 4.78 is 0. The van der Waals surface area contributed by atoms with Gasteiger partial charge < -0.3 is 10.4 Å². The number of amides is 1. The minimum atomic E-state index is -1.26. The maximum Gasteiger partial charge on any atom is 0.251 e. The molecule has 1 saturated carbocycles. The van der Waals surface area contributed by atoms with Gasteiger partial charge in [0.25, 0.3) is 5.91 Å². The molecule has 0 radical (unpaired) electrons. The SMILES string of the molecule is CCC1(CNC(=O)C(C)(C)O)CCCC1. The highest BCUT2D eigenvalue weighted by molar-refractivity contribution is 5.83. The van der Waals surface area contributed by atoms with Gasteiger partial charge in [-0.1, -0.05) is 19.8 Å². The monoisotopic (exact) mass is 213 g/mol. The number of hydrogen-bond acceptors (Lipinski definition) is 2. The van der Waals surface area contributed by atoms with Crippen molar-refractivity contribution in [3.63, 3.8) is 0 Å². The third kappa shape index (κ3) is 3.20. The van der Waals surface area contributed by atoms with Crippen LogP contribution in [0.2, 0.25) is 0 Å². The summed E-state index contributed by atoms with van der Waals surface area (Å²) in [5.74, 6) is -0.262. The fourth-order valence-corrected chi connectivity index (χ4v) is 2.26. The molecule has 0 heterocycles. The van der Waals surface area contributed by atoms with E-state index in [-0.39, 0.29) is 5.91 Å². The number of carbonyl (C=O) groups excluding carboxylic acids is 1. The fraction of sp³-hybridized carbons (Fsp3) is 0.917. The summed E-state index contributed by atoms with van der Waals surface area (Å²) in [5, 5.41) is 12.4. The van der Waals surface area contributed by atoms with E-state index in [9.17, 15) is 9.90 Å². The van der Waals surface area contributed by atoms with Gasteiger partial charge in [0.15, 0.2) is 0 Å².